The molecule has 1 atom stereocenters. The van der Waals surface area contributed by atoms with Gasteiger partial charge in [-0.1, -0.05) is 44.0 Å². The zero-order valence-electron chi connectivity index (χ0n) is 19.0. The summed E-state index contributed by atoms with van der Waals surface area (Å²) >= 11 is 0. The molecule has 2 aromatic heterocycles. The van der Waals surface area contributed by atoms with Crippen molar-refractivity contribution in [1.82, 2.24) is 19.1 Å². The van der Waals surface area contributed by atoms with E-state index < -0.39 is 16.1 Å². The summed E-state index contributed by atoms with van der Waals surface area (Å²) in [6.45, 7) is 2.03. The van der Waals surface area contributed by atoms with Crippen LogP contribution in [0.3, 0.4) is 0 Å². The average molecular weight is 489 g/mol. The van der Waals surface area contributed by atoms with Gasteiger partial charge in [0.25, 0.3) is 10.0 Å². The first-order chi connectivity index (χ1) is 16.9. The minimum atomic E-state index is -3.67. The number of nitrogens with one attached hydrogen (secondary N) is 2. The SMILES string of the molecule is CCCCC(N=C1NS(=O)(=O)c2ccccc21)C(=O)Nc1ccc(-c2cn3cccnc3n2)cc1. The second-order valence-corrected chi connectivity index (χ2v) is 9.91. The van der Waals surface area contributed by atoms with Gasteiger partial charge >= 0.3 is 0 Å². The lowest BCUT2D eigenvalue weighted by atomic mass is 10.1. The van der Waals surface area contributed by atoms with Gasteiger partial charge < -0.3 is 5.32 Å². The zero-order valence-corrected chi connectivity index (χ0v) is 19.9. The molecule has 9 nitrogen and oxygen atoms in total. The lowest BCUT2D eigenvalue weighted by Crippen LogP contribution is -2.30. The van der Waals surface area contributed by atoms with Crippen molar-refractivity contribution in [3.05, 3.63) is 78.8 Å². The molecule has 5 rings (SSSR count). The maximum atomic E-state index is 13.1. The van der Waals surface area contributed by atoms with Crippen molar-refractivity contribution in [2.45, 2.75) is 37.1 Å². The Morgan fingerprint density at radius 3 is 2.71 bits per heavy atom. The van der Waals surface area contributed by atoms with E-state index in [-0.39, 0.29) is 16.6 Å². The number of aliphatic imine (C=N–C) groups is 1. The van der Waals surface area contributed by atoms with Crippen LogP contribution < -0.4 is 10.0 Å². The number of rotatable bonds is 7. The Kier molecular flexibility index (Phi) is 6.04. The lowest BCUT2D eigenvalue weighted by molar-refractivity contribution is -0.117. The van der Waals surface area contributed by atoms with E-state index in [1.165, 1.54) is 6.07 Å². The molecule has 0 saturated heterocycles. The highest BCUT2D eigenvalue weighted by atomic mass is 32.2. The van der Waals surface area contributed by atoms with Gasteiger partial charge in [-0.3, -0.25) is 18.9 Å². The molecule has 0 bridgehead atoms. The molecular weight excluding hydrogens is 464 g/mol. The maximum Gasteiger partial charge on any atom is 0.263 e. The summed E-state index contributed by atoms with van der Waals surface area (Å²) in [7, 11) is -3.67. The number of aromatic nitrogens is 3. The summed E-state index contributed by atoms with van der Waals surface area (Å²) in [5.74, 6) is 0.522. The quantitative estimate of drug-likeness (QED) is 0.412. The Balaban J connectivity index is 1.36. The van der Waals surface area contributed by atoms with Crippen LogP contribution in [0.2, 0.25) is 0 Å². The number of anilines is 1. The lowest BCUT2D eigenvalue weighted by Gasteiger charge is -2.14. The van der Waals surface area contributed by atoms with E-state index in [2.05, 4.69) is 25.0 Å². The number of carbonyl (C=O) groups is 1. The minimum absolute atomic E-state index is 0.172. The number of carbonyl (C=O) groups excluding carboxylic acids is 1. The number of hydrogen-bond donors (Lipinski definition) is 2. The monoisotopic (exact) mass is 488 g/mol. The van der Waals surface area contributed by atoms with Crippen molar-refractivity contribution < 1.29 is 13.2 Å². The van der Waals surface area contributed by atoms with Gasteiger partial charge in [-0.2, -0.15) is 0 Å². The predicted octanol–water partition coefficient (Wildman–Crippen LogP) is 3.63. The smallest absolute Gasteiger partial charge is 0.263 e. The Labute approximate surface area is 203 Å². The number of hydrogen-bond acceptors (Lipinski definition) is 6. The van der Waals surface area contributed by atoms with Gasteiger partial charge in [0.2, 0.25) is 11.7 Å². The number of amides is 1. The fourth-order valence-electron chi connectivity index (χ4n) is 3.96. The molecule has 178 valence electrons. The number of sulfonamides is 1. The number of imidazole rings is 1. The fraction of sp³-hybridized carbons (Fsp3) is 0.200. The van der Waals surface area contributed by atoms with Crippen LogP contribution in [0.5, 0.6) is 0 Å². The number of unbranched alkanes of at least 4 members (excludes halogenated alkanes) is 1. The van der Waals surface area contributed by atoms with Crippen molar-refractivity contribution in [2.24, 2.45) is 4.99 Å². The third kappa shape index (κ3) is 4.65. The molecule has 0 spiro atoms. The summed E-state index contributed by atoms with van der Waals surface area (Å²) in [6.07, 6.45) is 7.64. The largest absolute Gasteiger partial charge is 0.324 e. The Bertz CT molecular complexity index is 1490. The second kappa shape index (κ2) is 9.30. The molecule has 0 aliphatic carbocycles. The molecular formula is C25H24N6O3S. The van der Waals surface area contributed by atoms with E-state index in [4.69, 9.17) is 0 Å². The number of amidine groups is 1. The summed E-state index contributed by atoms with van der Waals surface area (Å²) in [5.41, 5.74) is 2.78. The molecule has 0 radical (unpaired) electrons. The predicted molar refractivity (Wildman–Crippen MR) is 134 cm³/mol. The van der Waals surface area contributed by atoms with Gasteiger partial charge in [-0.05, 0) is 36.8 Å². The van der Waals surface area contributed by atoms with E-state index in [1.54, 1.807) is 24.4 Å². The van der Waals surface area contributed by atoms with Crippen molar-refractivity contribution in [3.8, 4) is 11.3 Å². The summed E-state index contributed by atoms with van der Waals surface area (Å²) in [4.78, 5) is 26.6. The average Bonchev–Trinajstić information content (AvgIpc) is 3.41. The van der Waals surface area contributed by atoms with E-state index in [1.807, 2.05) is 54.0 Å². The minimum Gasteiger partial charge on any atom is -0.324 e. The number of fused-ring (bicyclic) bond motifs is 2. The molecule has 2 N–H and O–H groups in total. The van der Waals surface area contributed by atoms with Crippen LogP contribution >= 0.6 is 0 Å². The summed E-state index contributed by atoms with van der Waals surface area (Å²) < 4.78 is 29.2. The highest BCUT2D eigenvalue weighted by Gasteiger charge is 2.31. The molecule has 0 fully saturated rings. The Morgan fingerprint density at radius 2 is 1.94 bits per heavy atom. The standard InChI is InChI=1S/C25H24N6O3S/c1-2-3-8-20(28-23-19-7-4-5-9-22(19)35(33,34)30-23)24(32)27-18-12-10-17(11-13-18)21-16-31-15-6-14-26-25(31)29-21/h4-7,9-16,20H,2-3,8H2,1H3,(H,27,32)(H,28,30). The number of nitrogens with zero attached hydrogens (tertiary/aromatic N) is 4. The first-order valence-electron chi connectivity index (χ1n) is 11.4. The summed E-state index contributed by atoms with van der Waals surface area (Å²) in [6, 6.07) is 15.1. The third-order valence-electron chi connectivity index (χ3n) is 5.77. The maximum absolute atomic E-state index is 13.1. The molecule has 1 aliphatic heterocycles. The Morgan fingerprint density at radius 1 is 1.14 bits per heavy atom. The van der Waals surface area contributed by atoms with E-state index >= 15 is 0 Å². The van der Waals surface area contributed by atoms with Crippen LogP contribution in [0.15, 0.2) is 83.1 Å². The van der Waals surface area contributed by atoms with Gasteiger partial charge in [-0.25, -0.2) is 18.4 Å². The Hall–Kier alpha value is -4.05. The highest BCUT2D eigenvalue weighted by Crippen LogP contribution is 2.24. The first-order valence-corrected chi connectivity index (χ1v) is 12.8. The molecule has 0 saturated carbocycles. The second-order valence-electron chi connectivity index (χ2n) is 8.26. The molecule has 1 amide bonds. The van der Waals surface area contributed by atoms with Gasteiger partial charge in [0.15, 0.2) is 0 Å². The zero-order chi connectivity index (χ0) is 24.4. The molecule has 2 aromatic carbocycles. The van der Waals surface area contributed by atoms with Crippen LogP contribution in [-0.2, 0) is 14.8 Å². The van der Waals surface area contributed by atoms with Crippen LogP contribution in [-0.4, -0.2) is 40.6 Å². The molecule has 1 aliphatic rings. The van der Waals surface area contributed by atoms with Crippen molar-refractivity contribution in [2.75, 3.05) is 5.32 Å². The van der Waals surface area contributed by atoms with Crippen molar-refractivity contribution in [1.29, 1.82) is 0 Å². The van der Waals surface area contributed by atoms with Gasteiger partial charge in [0.05, 0.1) is 10.6 Å². The molecule has 35 heavy (non-hydrogen) atoms. The topological polar surface area (TPSA) is 118 Å². The van der Waals surface area contributed by atoms with Crippen LogP contribution in [0.1, 0.15) is 31.7 Å². The molecule has 4 aromatic rings. The van der Waals surface area contributed by atoms with Crippen LogP contribution in [0, 0.1) is 0 Å². The summed E-state index contributed by atoms with van der Waals surface area (Å²) in [5, 5.41) is 2.91. The van der Waals surface area contributed by atoms with E-state index in [0.29, 0.717) is 23.4 Å². The van der Waals surface area contributed by atoms with E-state index in [0.717, 1.165) is 24.1 Å². The van der Waals surface area contributed by atoms with Crippen molar-refractivity contribution >= 4 is 33.2 Å². The van der Waals surface area contributed by atoms with E-state index in [9.17, 15) is 13.2 Å². The normalized spacial score (nSPS) is 16.1. The molecule has 1 unspecified atom stereocenters. The van der Waals surface area contributed by atoms with Crippen LogP contribution in [0.25, 0.3) is 17.0 Å². The van der Waals surface area contributed by atoms with Gasteiger partial charge in [0.1, 0.15) is 11.9 Å². The highest BCUT2D eigenvalue weighted by molar-refractivity contribution is 7.90. The first kappa shape index (κ1) is 22.7. The van der Waals surface area contributed by atoms with Gasteiger partial charge in [0, 0.05) is 35.4 Å². The molecule has 10 heteroatoms. The van der Waals surface area contributed by atoms with Gasteiger partial charge in [-0.15, -0.1) is 0 Å². The van der Waals surface area contributed by atoms with Crippen LogP contribution in [0.4, 0.5) is 5.69 Å². The third-order valence-corrected chi connectivity index (χ3v) is 7.16. The number of benzene rings is 2. The molecule has 3 heterocycles. The fourth-order valence-corrected chi connectivity index (χ4v) is 5.20. The van der Waals surface area contributed by atoms with Crippen molar-refractivity contribution in [3.63, 3.8) is 0 Å².